The zero-order valence-corrected chi connectivity index (χ0v) is 14.6. The number of likely N-dealkylation sites (tertiary alicyclic amines) is 1. The van der Waals surface area contributed by atoms with Gasteiger partial charge in [-0.2, -0.15) is 0 Å². The minimum atomic E-state index is -0.269. The molecule has 25 heavy (non-hydrogen) atoms. The molecule has 0 aromatic heterocycles. The smallest absolute Gasteiger partial charge is 0.320 e. The van der Waals surface area contributed by atoms with Crippen LogP contribution in [0.1, 0.15) is 25.7 Å². The van der Waals surface area contributed by atoms with Gasteiger partial charge in [0, 0.05) is 32.2 Å². The maximum atomic E-state index is 12.9. The molecule has 0 radical (unpaired) electrons. The van der Waals surface area contributed by atoms with Crippen molar-refractivity contribution in [1.29, 1.82) is 0 Å². The third kappa shape index (κ3) is 3.73. The largest absolute Gasteiger partial charge is 0.487 e. The Morgan fingerprint density at radius 2 is 1.72 bits per heavy atom. The van der Waals surface area contributed by atoms with Gasteiger partial charge < -0.3 is 14.5 Å². The maximum Gasteiger partial charge on any atom is 0.320 e. The Kier molecular flexibility index (Phi) is 4.79. The lowest BCUT2D eigenvalue weighted by atomic mass is 9.91. The Hall–Kier alpha value is -1.82. The van der Waals surface area contributed by atoms with E-state index in [4.69, 9.17) is 4.74 Å². The second-order valence-electron chi connectivity index (χ2n) is 7.34. The molecule has 3 aliphatic rings. The molecule has 1 saturated carbocycles. The van der Waals surface area contributed by atoms with Crippen LogP contribution in [-0.4, -0.2) is 72.1 Å². The van der Waals surface area contributed by atoms with E-state index in [0.29, 0.717) is 18.8 Å². The fourth-order valence-corrected chi connectivity index (χ4v) is 3.82. The molecular formula is C19H26FN3O2. The maximum absolute atomic E-state index is 12.9. The van der Waals surface area contributed by atoms with E-state index in [2.05, 4.69) is 4.90 Å². The number of amides is 2. The van der Waals surface area contributed by atoms with E-state index in [1.165, 1.54) is 31.4 Å². The molecule has 3 fully saturated rings. The van der Waals surface area contributed by atoms with Gasteiger partial charge in [0.1, 0.15) is 17.7 Å². The molecule has 1 aromatic rings. The van der Waals surface area contributed by atoms with Crippen molar-refractivity contribution in [1.82, 2.24) is 14.7 Å². The van der Waals surface area contributed by atoms with Crippen LogP contribution in [0.5, 0.6) is 5.75 Å². The van der Waals surface area contributed by atoms with Crippen molar-refractivity contribution < 1.29 is 13.9 Å². The van der Waals surface area contributed by atoms with E-state index in [1.54, 1.807) is 12.1 Å². The van der Waals surface area contributed by atoms with E-state index in [0.717, 1.165) is 38.6 Å². The highest BCUT2D eigenvalue weighted by molar-refractivity contribution is 5.75. The first-order chi connectivity index (χ1) is 12.2. The molecule has 1 aromatic carbocycles. The van der Waals surface area contributed by atoms with Crippen LogP contribution in [0.4, 0.5) is 9.18 Å². The predicted molar refractivity (Wildman–Crippen MR) is 93.2 cm³/mol. The molecule has 2 amide bonds. The van der Waals surface area contributed by atoms with E-state index in [9.17, 15) is 9.18 Å². The van der Waals surface area contributed by atoms with Gasteiger partial charge in [0.2, 0.25) is 0 Å². The highest BCUT2D eigenvalue weighted by Gasteiger charge is 2.36. The molecule has 0 atom stereocenters. The number of urea groups is 1. The standard InChI is InChI=1S/C19H26FN3O2/c20-15-5-7-17(8-6-15)25-18-13-23(14-18)19(24)22-10-2-9-21(11-12-22)16-3-1-4-16/h5-8,16,18H,1-4,9-14H2. The monoisotopic (exact) mass is 347 g/mol. The lowest BCUT2D eigenvalue weighted by molar-refractivity contribution is 0.0308. The number of nitrogens with zero attached hydrogens (tertiary/aromatic N) is 3. The summed E-state index contributed by atoms with van der Waals surface area (Å²) in [4.78, 5) is 19.1. The summed E-state index contributed by atoms with van der Waals surface area (Å²) in [7, 11) is 0. The molecule has 0 unspecified atom stereocenters. The van der Waals surface area contributed by atoms with Gasteiger partial charge >= 0.3 is 6.03 Å². The minimum Gasteiger partial charge on any atom is -0.487 e. The minimum absolute atomic E-state index is 0.00728. The Bertz CT molecular complexity index is 599. The number of benzene rings is 1. The molecular weight excluding hydrogens is 321 g/mol. The molecule has 0 N–H and O–H groups in total. The first-order valence-electron chi connectivity index (χ1n) is 9.39. The number of hydrogen-bond donors (Lipinski definition) is 0. The SMILES string of the molecule is O=C(N1CCCN(C2CCC2)CC1)N1CC(Oc2ccc(F)cc2)C1. The van der Waals surface area contributed by atoms with E-state index < -0.39 is 0 Å². The van der Waals surface area contributed by atoms with Crippen LogP contribution in [0.2, 0.25) is 0 Å². The normalized spacial score (nSPS) is 22.9. The topological polar surface area (TPSA) is 36.0 Å². The van der Waals surface area contributed by atoms with Gasteiger partial charge in [-0.05, 0) is 43.5 Å². The van der Waals surface area contributed by atoms with Crippen LogP contribution in [-0.2, 0) is 0 Å². The van der Waals surface area contributed by atoms with E-state index in [1.807, 2.05) is 9.80 Å². The Labute approximate surface area is 148 Å². The van der Waals surface area contributed by atoms with Gasteiger partial charge in [0.25, 0.3) is 0 Å². The molecule has 6 heteroatoms. The lowest BCUT2D eigenvalue weighted by Gasteiger charge is -2.41. The van der Waals surface area contributed by atoms with Gasteiger partial charge in [-0.3, -0.25) is 4.90 Å². The number of hydrogen-bond acceptors (Lipinski definition) is 3. The lowest BCUT2D eigenvalue weighted by Crippen LogP contribution is -2.60. The summed E-state index contributed by atoms with van der Waals surface area (Å²) in [5.41, 5.74) is 0. The zero-order chi connectivity index (χ0) is 17.2. The summed E-state index contributed by atoms with van der Waals surface area (Å²) in [5, 5.41) is 0. The Balaban J connectivity index is 1.23. The van der Waals surface area contributed by atoms with Crippen LogP contribution in [0.15, 0.2) is 24.3 Å². The molecule has 0 spiro atoms. The number of carbonyl (C=O) groups excluding carboxylic acids is 1. The van der Waals surface area contributed by atoms with Crippen LogP contribution in [0.3, 0.4) is 0 Å². The van der Waals surface area contributed by atoms with Crippen LogP contribution in [0, 0.1) is 5.82 Å². The van der Waals surface area contributed by atoms with Crippen molar-refractivity contribution in [3.8, 4) is 5.75 Å². The average Bonchev–Trinajstić information content (AvgIpc) is 2.76. The third-order valence-electron chi connectivity index (χ3n) is 5.63. The fraction of sp³-hybridized carbons (Fsp3) is 0.632. The summed E-state index contributed by atoms with van der Waals surface area (Å²) in [6.45, 7) is 5.01. The number of ether oxygens (including phenoxy) is 1. The molecule has 0 bridgehead atoms. The van der Waals surface area contributed by atoms with E-state index >= 15 is 0 Å². The highest BCUT2D eigenvalue weighted by atomic mass is 19.1. The number of carbonyl (C=O) groups is 1. The quantitative estimate of drug-likeness (QED) is 0.843. The molecule has 5 nitrogen and oxygen atoms in total. The molecule has 2 saturated heterocycles. The Morgan fingerprint density at radius 1 is 0.960 bits per heavy atom. The summed E-state index contributed by atoms with van der Waals surface area (Å²) in [5.74, 6) is 0.388. The van der Waals surface area contributed by atoms with Crippen molar-refractivity contribution in [2.75, 3.05) is 39.3 Å². The first kappa shape index (κ1) is 16.6. The molecule has 2 heterocycles. The van der Waals surface area contributed by atoms with E-state index in [-0.39, 0.29) is 18.0 Å². The van der Waals surface area contributed by atoms with Crippen molar-refractivity contribution in [3.05, 3.63) is 30.1 Å². The molecule has 2 aliphatic heterocycles. The Morgan fingerprint density at radius 3 is 2.40 bits per heavy atom. The highest BCUT2D eigenvalue weighted by Crippen LogP contribution is 2.26. The van der Waals surface area contributed by atoms with Crippen LogP contribution < -0.4 is 4.74 Å². The van der Waals surface area contributed by atoms with Crippen molar-refractivity contribution in [3.63, 3.8) is 0 Å². The van der Waals surface area contributed by atoms with Crippen LogP contribution in [0.25, 0.3) is 0 Å². The van der Waals surface area contributed by atoms with Crippen molar-refractivity contribution in [2.24, 2.45) is 0 Å². The summed E-state index contributed by atoms with van der Waals surface area (Å²) >= 11 is 0. The van der Waals surface area contributed by atoms with Gasteiger partial charge in [-0.1, -0.05) is 6.42 Å². The fourth-order valence-electron chi connectivity index (χ4n) is 3.82. The first-order valence-corrected chi connectivity index (χ1v) is 9.39. The summed E-state index contributed by atoms with van der Waals surface area (Å²) < 4.78 is 18.7. The zero-order valence-electron chi connectivity index (χ0n) is 14.6. The van der Waals surface area contributed by atoms with Crippen LogP contribution >= 0.6 is 0 Å². The second-order valence-corrected chi connectivity index (χ2v) is 7.34. The summed E-state index contributed by atoms with van der Waals surface area (Å²) in [6.07, 6.45) is 5.07. The van der Waals surface area contributed by atoms with Crippen molar-refractivity contribution >= 4 is 6.03 Å². The summed E-state index contributed by atoms with van der Waals surface area (Å²) in [6, 6.07) is 6.93. The number of rotatable bonds is 3. The van der Waals surface area contributed by atoms with Gasteiger partial charge in [-0.25, -0.2) is 9.18 Å². The molecule has 136 valence electrons. The second kappa shape index (κ2) is 7.20. The van der Waals surface area contributed by atoms with Gasteiger partial charge in [0.15, 0.2) is 0 Å². The third-order valence-corrected chi connectivity index (χ3v) is 5.63. The predicted octanol–water partition coefficient (Wildman–Crippen LogP) is 2.57. The average molecular weight is 347 g/mol. The van der Waals surface area contributed by atoms with Crippen molar-refractivity contribution in [2.45, 2.75) is 37.8 Å². The van der Waals surface area contributed by atoms with Gasteiger partial charge in [0.05, 0.1) is 13.1 Å². The molecule has 4 rings (SSSR count). The molecule has 1 aliphatic carbocycles. The van der Waals surface area contributed by atoms with Gasteiger partial charge in [-0.15, -0.1) is 0 Å². The number of halogens is 1.